The van der Waals surface area contributed by atoms with Gasteiger partial charge in [-0.05, 0) is 31.2 Å². The van der Waals surface area contributed by atoms with E-state index in [9.17, 15) is 9.59 Å². The van der Waals surface area contributed by atoms with Gasteiger partial charge in [0.05, 0.1) is 12.4 Å². The van der Waals surface area contributed by atoms with E-state index in [1.807, 2.05) is 17.4 Å². The minimum absolute atomic E-state index is 0.393. The van der Waals surface area contributed by atoms with E-state index in [0.717, 1.165) is 10.6 Å². The summed E-state index contributed by atoms with van der Waals surface area (Å²) in [5.41, 5.74) is 4.87. The third-order valence-electron chi connectivity index (χ3n) is 1.99. The van der Waals surface area contributed by atoms with Crippen LogP contribution in [-0.2, 0) is 4.79 Å². The Morgan fingerprint density at radius 2 is 1.94 bits per heavy atom. The van der Waals surface area contributed by atoms with E-state index in [-0.39, 0.29) is 0 Å². The van der Waals surface area contributed by atoms with E-state index in [1.165, 1.54) is 11.8 Å². The van der Waals surface area contributed by atoms with Crippen LogP contribution in [0.3, 0.4) is 0 Å². The second-order valence-electron chi connectivity index (χ2n) is 3.29. The van der Waals surface area contributed by atoms with Crippen LogP contribution in [0.2, 0.25) is 0 Å². The third-order valence-corrected chi connectivity index (χ3v) is 3.10. The normalized spacial score (nSPS) is 11.6. The zero-order valence-corrected chi connectivity index (χ0v) is 10.4. The zero-order valence-electron chi connectivity index (χ0n) is 9.60. The van der Waals surface area contributed by atoms with Gasteiger partial charge in [-0.25, -0.2) is 4.79 Å². The largest absolute Gasteiger partial charge is 0.497 e. The number of hydrogen-bond acceptors (Lipinski definition) is 4. The summed E-state index contributed by atoms with van der Waals surface area (Å²) < 4.78 is 5.02. The highest BCUT2D eigenvalue weighted by Crippen LogP contribution is 2.25. The fraction of sp³-hybridized carbons (Fsp3) is 0.273. The summed E-state index contributed by atoms with van der Waals surface area (Å²) >= 11 is 1.34. The van der Waals surface area contributed by atoms with E-state index in [2.05, 4.69) is 0 Å². The second-order valence-corrected chi connectivity index (χ2v) is 4.70. The van der Waals surface area contributed by atoms with Gasteiger partial charge in [-0.1, -0.05) is 0 Å². The molecule has 0 aliphatic heterocycles. The first kappa shape index (κ1) is 13.4. The molecule has 0 radical (unpaired) electrons. The molecule has 3 amide bonds. The Hall–Kier alpha value is -1.69. The van der Waals surface area contributed by atoms with Crippen molar-refractivity contribution in [2.75, 3.05) is 7.11 Å². The van der Waals surface area contributed by atoms with E-state index in [1.54, 1.807) is 26.2 Å². The summed E-state index contributed by atoms with van der Waals surface area (Å²) in [6, 6.07) is 6.47. The highest BCUT2D eigenvalue weighted by molar-refractivity contribution is 8.00. The fourth-order valence-corrected chi connectivity index (χ4v) is 2.00. The zero-order chi connectivity index (χ0) is 12.8. The first-order valence-corrected chi connectivity index (χ1v) is 5.82. The molecule has 0 saturated carbocycles. The predicted molar refractivity (Wildman–Crippen MR) is 66.0 cm³/mol. The lowest BCUT2D eigenvalue weighted by atomic mass is 10.3. The Kier molecular flexibility index (Phi) is 4.84. The highest BCUT2D eigenvalue weighted by Gasteiger charge is 2.15. The number of benzene rings is 1. The number of rotatable bonds is 4. The minimum atomic E-state index is -0.836. The quantitative estimate of drug-likeness (QED) is 0.795. The van der Waals surface area contributed by atoms with Gasteiger partial charge in [-0.2, -0.15) is 0 Å². The van der Waals surface area contributed by atoms with Crippen molar-refractivity contribution in [1.29, 1.82) is 0 Å². The van der Waals surface area contributed by atoms with Gasteiger partial charge in [-0.15, -0.1) is 11.8 Å². The standard InChI is InChI=1S/C11H14N2O3S/c1-7(10(14)13-11(12)15)17-9-5-3-8(16-2)4-6-9/h3-7H,1-2H3,(H3,12,13,14,15)/t7-/m1/s1. The van der Waals surface area contributed by atoms with E-state index >= 15 is 0 Å². The maximum atomic E-state index is 11.4. The topological polar surface area (TPSA) is 81.4 Å². The SMILES string of the molecule is COc1ccc(S[C@H](C)C(=O)NC(N)=O)cc1. The molecule has 0 aromatic heterocycles. The lowest BCUT2D eigenvalue weighted by molar-refractivity contribution is -0.119. The molecule has 0 fully saturated rings. The second kappa shape index (κ2) is 6.15. The average molecular weight is 254 g/mol. The smallest absolute Gasteiger partial charge is 0.318 e. The van der Waals surface area contributed by atoms with Gasteiger partial charge in [0.15, 0.2) is 0 Å². The molecule has 17 heavy (non-hydrogen) atoms. The maximum Gasteiger partial charge on any atom is 0.318 e. The minimum Gasteiger partial charge on any atom is -0.497 e. The van der Waals surface area contributed by atoms with E-state index < -0.39 is 17.2 Å². The number of carbonyl (C=O) groups is 2. The van der Waals surface area contributed by atoms with Gasteiger partial charge in [0.2, 0.25) is 5.91 Å². The molecule has 1 atom stereocenters. The van der Waals surface area contributed by atoms with Crippen LogP contribution in [0.1, 0.15) is 6.92 Å². The average Bonchev–Trinajstić information content (AvgIpc) is 2.29. The number of ether oxygens (including phenoxy) is 1. The molecule has 5 nitrogen and oxygen atoms in total. The van der Waals surface area contributed by atoms with Crippen molar-refractivity contribution in [2.24, 2.45) is 5.73 Å². The first-order chi connectivity index (χ1) is 8.02. The Morgan fingerprint density at radius 1 is 1.35 bits per heavy atom. The van der Waals surface area contributed by atoms with Gasteiger partial charge in [0.1, 0.15) is 5.75 Å². The third kappa shape index (κ3) is 4.36. The molecule has 0 aliphatic carbocycles. The van der Waals surface area contributed by atoms with Crippen LogP contribution in [0, 0.1) is 0 Å². The number of thioether (sulfide) groups is 1. The molecule has 0 unspecified atom stereocenters. The highest BCUT2D eigenvalue weighted by atomic mass is 32.2. The lowest BCUT2D eigenvalue weighted by Gasteiger charge is -2.10. The van der Waals surface area contributed by atoms with Crippen molar-refractivity contribution in [1.82, 2.24) is 5.32 Å². The monoisotopic (exact) mass is 254 g/mol. The number of methoxy groups -OCH3 is 1. The van der Waals surface area contributed by atoms with Crippen molar-refractivity contribution in [3.63, 3.8) is 0 Å². The summed E-state index contributed by atoms with van der Waals surface area (Å²) in [5, 5.41) is 1.65. The van der Waals surface area contributed by atoms with Gasteiger partial charge < -0.3 is 10.5 Å². The van der Waals surface area contributed by atoms with Crippen molar-refractivity contribution >= 4 is 23.7 Å². The molecule has 0 heterocycles. The molecule has 3 N–H and O–H groups in total. The van der Waals surface area contributed by atoms with Crippen molar-refractivity contribution in [3.8, 4) is 5.75 Å². The number of amides is 3. The van der Waals surface area contributed by atoms with Gasteiger partial charge in [0.25, 0.3) is 0 Å². The number of urea groups is 1. The van der Waals surface area contributed by atoms with Crippen LogP contribution in [-0.4, -0.2) is 24.3 Å². The van der Waals surface area contributed by atoms with E-state index in [0.29, 0.717) is 0 Å². The van der Waals surface area contributed by atoms with Crippen molar-refractivity contribution < 1.29 is 14.3 Å². The molecule has 1 aromatic rings. The molecule has 0 aliphatic rings. The molecular weight excluding hydrogens is 240 g/mol. The summed E-state index contributed by atoms with van der Waals surface area (Å²) in [6.07, 6.45) is 0. The summed E-state index contributed by atoms with van der Waals surface area (Å²) in [7, 11) is 1.59. The van der Waals surface area contributed by atoms with Crippen LogP contribution < -0.4 is 15.8 Å². The molecular formula is C11H14N2O3S. The van der Waals surface area contributed by atoms with Crippen LogP contribution in [0.5, 0.6) is 5.75 Å². The Balaban J connectivity index is 2.57. The Morgan fingerprint density at radius 3 is 2.41 bits per heavy atom. The van der Waals surface area contributed by atoms with Gasteiger partial charge in [-0.3, -0.25) is 10.1 Å². The van der Waals surface area contributed by atoms with Gasteiger partial charge >= 0.3 is 6.03 Å². The Bertz CT molecular complexity index is 406. The lowest BCUT2D eigenvalue weighted by Crippen LogP contribution is -2.39. The molecule has 92 valence electrons. The number of carbonyl (C=O) groups excluding carboxylic acids is 2. The summed E-state index contributed by atoms with van der Waals surface area (Å²) in [5.74, 6) is 0.349. The molecule has 6 heteroatoms. The predicted octanol–water partition coefficient (Wildman–Crippen LogP) is 1.37. The van der Waals surface area contributed by atoms with Crippen molar-refractivity contribution in [2.45, 2.75) is 17.1 Å². The molecule has 0 bridgehead atoms. The molecule has 0 saturated heterocycles. The number of nitrogens with two attached hydrogens (primary N) is 1. The first-order valence-electron chi connectivity index (χ1n) is 4.94. The fourth-order valence-electron chi connectivity index (χ4n) is 1.13. The number of hydrogen-bond donors (Lipinski definition) is 2. The number of nitrogens with one attached hydrogen (secondary N) is 1. The summed E-state index contributed by atoms with van der Waals surface area (Å²) in [4.78, 5) is 22.9. The maximum absolute atomic E-state index is 11.4. The number of imide groups is 1. The van der Waals surface area contributed by atoms with Crippen LogP contribution in [0.4, 0.5) is 4.79 Å². The molecule has 0 spiro atoms. The molecule has 1 aromatic carbocycles. The summed E-state index contributed by atoms with van der Waals surface area (Å²) in [6.45, 7) is 1.70. The van der Waals surface area contributed by atoms with E-state index in [4.69, 9.17) is 10.5 Å². The van der Waals surface area contributed by atoms with Crippen LogP contribution in [0.15, 0.2) is 29.2 Å². The Labute approximate surface area is 104 Å². The molecule has 1 rings (SSSR count). The van der Waals surface area contributed by atoms with Crippen LogP contribution >= 0.6 is 11.8 Å². The van der Waals surface area contributed by atoms with Crippen molar-refractivity contribution in [3.05, 3.63) is 24.3 Å². The number of primary amides is 1. The van der Waals surface area contributed by atoms with Crippen LogP contribution in [0.25, 0.3) is 0 Å². The van der Waals surface area contributed by atoms with Gasteiger partial charge in [0, 0.05) is 4.90 Å².